The van der Waals surface area contributed by atoms with E-state index in [1.807, 2.05) is 36.1 Å². The molecule has 2 aliphatic heterocycles. The fourth-order valence-corrected chi connectivity index (χ4v) is 4.76. The summed E-state index contributed by atoms with van der Waals surface area (Å²) in [7, 11) is 0. The minimum absolute atomic E-state index is 0.154. The summed E-state index contributed by atoms with van der Waals surface area (Å²) in [5.74, 6) is 1.72. The number of aryl methyl sites for hydroxylation is 1. The van der Waals surface area contributed by atoms with Crippen molar-refractivity contribution in [3.8, 4) is 5.75 Å². The first-order valence-electron chi connectivity index (χ1n) is 11.1. The highest BCUT2D eigenvalue weighted by atomic mass is 35.5. The number of rotatable bonds is 4. The number of amides is 2. The number of fused-ring (bicyclic) bond motifs is 1. The van der Waals surface area contributed by atoms with Crippen LogP contribution in [0.3, 0.4) is 0 Å². The van der Waals surface area contributed by atoms with E-state index in [1.54, 1.807) is 6.07 Å². The van der Waals surface area contributed by atoms with Crippen molar-refractivity contribution in [3.63, 3.8) is 0 Å². The topological polar surface area (TPSA) is 72.3 Å². The molecule has 1 unspecified atom stereocenters. The number of hydrogen-bond acceptors (Lipinski definition) is 4. The van der Waals surface area contributed by atoms with Gasteiger partial charge in [0.2, 0.25) is 0 Å². The Balaban J connectivity index is 1.35. The average molecular weight is 470 g/mol. The van der Waals surface area contributed by atoms with Crippen molar-refractivity contribution in [2.45, 2.75) is 44.8 Å². The number of carbonyl (C=O) groups excluding carboxylic acids is 1. The Morgan fingerprint density at radius 2 is 2.03 bits per heavy atom. The predicted octanol–water partition coefficient (Wildman–Crippen LogP) is 4.80. The summed E-state index contributed by atoms with van der Waals surface area (Å²) in [6.45, 7) is 3.60. The molecule has 7 nitrogen and oxygen atoms in total. The molecule has 0 spiro atoms. The lowest BCUT2D eigenvalue weighted by atomic mass is 10.0. The van der Waals surface area contributed by atoms with Crippen LogP contribution in [0.15, 0.2) is 42.5 Å². The number of urea groups is 1. The standard InChI is InChI=1S/C24H25ClFN5O2/c1-15-28-29-23(31(15)14-16-4-6-17(25)7-5-16)21-3-2-11-30(21)24(32)27-20-10-12-33-22-13-18(26)8-9-19(20)22/h4-9,13,20-21H,2-3,10-12,14H2,1H3,(H,27,32)/t20-,21?/m0/s1. The molecule has 0 bridgehead atoms. The van der Waals surface area contributed by atoms with E-state index in [1.165, 1.54) is 12.1 Å². The molecule has 3 heterocycles. The van der Waals surface area contributed by atoms with Crippen molar-refractivity contribution in [2.24, 2.45) is 0 Å². The SMILES string of the molecule is Cc1nnc(C2CCCN2C(=O)N[C@H]2CCOc3cc(F)ccc32)n1Cc1ccc(Cl)cc1. The van der Waals surface area contributed by atoms with Gasteiger partial charge in [-0.15, -0.1) is 10.2 Å². The number of nitrogens with zero attached hydrogens (tertiary/aromatic N) is 4. The van der Waals surface area contributed by atoms with Gasteiger partial charge in [0.05, 0.1) is 25.2 Å². The molecule has 3 aromatic rings. The number of carbonyl (C=O) groups is 1. The molecule has 1 saturated heterocycles. The zero-order valence-corrected chi connectivity index (χ0v) is 19.1. The second-order valence-corrected chi connectivity index (χ2v) is 8.93. The molecule has 0 saturated carbocycles. The smallest absolute Gasteiger partial charge is 0.318 e. The van der Waals surface area contributed by atoms with E-state index in [0.29, 0.717) is 36.9 Å². The van der Waals surface area contributed by atoms with Crippen LogP contribution in [0.4, 0.5) is 9.18 Å². The number of hydrogen-bond donors (Lipinski definition) is 1. The molecule has 33 heavy (non-hydrogen) atoms. The van der Waals surface area contributed by atoms with E-state index in [4.69, 9.17) is 16.3 Å². The molecule has 2 aromatic carbocycles. The molecule has 2 amide bonds. The first-order valence-corrected chi connectivity index (χ1v) is 11.5. The maximum Gasteiger partial charge on any atom is 0.318 e. The quantitative estimate of drug-likeness (QED) is 0.596. The van der Waals surface area contributed by atoms with Gasteiger partial charge in [-0.1, -0.05) is 29.8 Å². The summed E-state index contributed by atoms with van der Waals surface area (Å²) < 4.78 is 21.2. The minimum Gasteiger partial charge on any atom is -0.493 e. The van der Waals surface area contributed by atoms with Gasteiger partial charge in [0, 0.05) is 29.6 Å². The van der Waals surface area contributed by atoms with Gasteiger partial charge in [0.25, 0.3) is 0 Å². The average Bonchev–Trinajstić information content (AvgIpc) is 3.42. The zero-order chi connectivity index (χ0) is 22.9. The minimum atomic E-state index is -0.351. The first kappa shape index (κ1) is 21.7. The Hall–Kier alpha value is -3.13. The molecule has 0 radical (unpaired) electrons. The van der Waals surface area contributed by atoms with Gasteiger partial charge in [-0.25, -0.2) is 9.18 Å². The van der Waals surface area contributed by atoms with Crippen molar-refractivity contribution in [3.05, 3.63) is 76.1 Å². The summed E-state index contributed by atoms with van der Waals surface area (Å²) in [6.07, 6.45) is 2.34. The third kappa shape index (κ3) is 4.39. The summed E-state index contributed by atoms with van der Waals surface area (Å²) in [4.78, 5) is 15.1. The fraction of sp³-hybridized carbons (Fsp3) is 0.375. The van der Waals surface area contributed by atoms with E-state index < -0.39 is 0 Å². The van der Waals surface area contributed by atoms with Crippen LogP contribution in [-0.4, -0.2) is 38.8 Å². The molecule has 0 aliphatic carbocycles. The number of nitrogens with one attached hydrogen (secondary N) is 1. The van der Waals surface area contributed by atoms with Crippen molar-refractivity contribution in [1.29, 1.82) is 0 Å². The number of likely N-dealkylation sites (tertiary alicyclic amines) is 1. The Kier molecular flexibility index (Phi) is 5.93. The van der Waals surface area contributed by atoms with Crippen molar-refractivity contribution in [1.82, 2.24) is 25.0 Å². The maximum absolute atomic E-state index is 13.6. The maximum atomic E-state index is 13.6. The van der Waals surface area contributed by atoms with Crippen molar-refractivity contribution in [2.75, 3.05) is 13.2 Å². The van der Waals surface area contributed by atoms with Gasteiger partial charge >= 0.3 is 6.03 Å². The Morgan fingerprint density at radius 1 is 1.21 bits per heavy atom. The number of ether oxygens (including phenoxy) is 1. The second-order valence-electron chi connectivity index (χ2n) is 8.49. The lowest BCUT2D eigenvalue weighted by Gasteiger charge is -2.30. The van der Waals surface area contributed by atoms with Gasteiger partial charge in [0.1, 0.15) is 17.4 Å². The van der Waals surface area contributed by atoms with Crippen LogP contribution in [0.25, 0.3) is 0 Å². The van der Waals surface area contributed by atoms with Gasteiger partial charge < -0.3 is 19.5 Å². The van der Waals surface area contributed by atoms with E-state index in [0.717, 1.165) is 35.6 Å². The molecule has 1 fully saturated rings. The molecule has 172 valence electrons. The Labute approximate surface area is 196 Å². The Morgan fingerprint density at radius 3 is 2.85 bits per heavy atom. The first-order chi connectivity index (χ1) is 16.0. The highest BCUT2D eigenvalue weighted by Gasteiger charge is 2.35. The van der Waals surface area contributed by atoms with Crippen LogP contribution in [0.2, 0.25) is 5.02 Å². The molecule has 2 aliphatic rings. The fourth-order valence-electron chi connectivity index (χ4n) is 4.64. The second kappa shape index (κ2) is 9.02. The number of benzene rings is 2. The van der Waals surface area contributed by atoms with Gasteiger partial charge in [0.15, 0.2) is 5.82 Å². The highest BCUT2D eigenvalue weighted by Crippen LogP contribution is 2.35. The van der Waals surface area contributed by atoms with Crippen molar-refractivity contribution >= 4 is 17.6 Å². The summed E-state index contributed by atoms with van der Waals surface area (Å²) >= 11 is 6.02. The third-order valence-electron chi connectivity index (χ3n) is 6.34. The normalized spacial score (nSPS) is 19.8. The monoisotopic (exact) mass is 469 g/mol. The predicted molar refractivity (Wildman–Crippen MR) is 122 cm³/mol. The van der Waals surface area contributed by atoms with Gasteiger partial charge in [-0.3, -0.25) is 0 Å². The molecule has 9 heteroatoms. The van der Waals surface area contributed by atoms with E-state index in [9.17, 15) is 9.18 Å². The molecule has 1 aromatic heterocycles. The van der Waals surface area contributed by atoms with Crippen LogP contribution in [-0.2, 0) is 6.54 Å². The summed E-state index contributed by atoms with van der Waals surface area (Å²) in [6, 6.07) is 11.6. The summed E-state index contributed by atoms with van der Waals surface area (Å²) in [5.41, 5.74) is 1.89. The van der Waals surface area contributed by atoms with Gasteiger partial charge in [-0.05, 0) is 43.5 Å². The number of halogens is 2. The van der Waals surface area contributed by atoms with Crippen LogP contribution in [0, 0.1) is 12.7 Å². The van der Waals surface area contributed by atoms with Crippen LogP contribution >= 0.6 is 11.6 Å². The molecular weight excluding hydrogens is 445 g/mol. The van der Waals surface area contributed by atoms with Crippen LogP contribution < -0.4 is 10.1 Å². The largest absolute Gasteiger partial charge is 0.493 e. The molecule has 2 atom stereocenters. The van der Waals surface area contributed by atoms with Gasteiger partial charge in [-0.2, -0.15) is 0 Å². The van der Waals surface area contributed by atoms with Crippen LogP contribution in [0.1, 0.15) is 54.1 Å². The number of aromatic nitrogens is 3. The zero-order valence-electron chi connectivity index (χ0n) is 18.3. The van der Waals surface area contributed by atoms with E-state index in [2.05, 4.69) is 20.1 Å². The Bertz CT molecular complexity index is 1170. The molecule has 5 rings (SSSR count). The van der Waals surface area contributed by atoms with E-state index in [-0.39, 0.29) is 23.9 Å². The lowest BCUT2D eigenvalue weighted by Crippen LogP contribution is -2.43. The molecule has 1 N–H and O–H groups in total. The van der Waals surface area contributed by atoms with Crippen LogP contribution in [0.5, 0.6) is 5.75 Å². The summed E-state index contributed by atoms with van der Waals surface area (Å²) in [5, 5.41) is 12.6. The third-order valence-corrected chi connectivity index (χ3v) is 6.59. The highest BCUT2D eigenvalue weighted by molar-refractivity contribution is 6.30. The van der Waals surface area contributed by atoms with E-state index >= 15 is 0 Å². The lowest BCUT2D eigenvalue weighted by molar-refractivity contribution is 0.179. The molecular formula is C24H25ClFN5O2. The van der Waals surface area contributed by atoms with Crippen molar-refractivity contribution < 1.29 is 13.9 Å².